The fourth-order valence-electron chi connectivity index (χ4n) is 3.23. The van der Waals surface area contributed by atoms with Crippen molar-refractivity contribution in [2.75, 3.05) is 40.3 Å². The first-order valence-corrected chi connectivity index (χ1v) is 9.59. The number of nitrogens with zero attached hydrogens (tertiary/aromatic N) is 2. The number of rotatable bonds is 8. The van der Waals surface area contributed by atoms with Crippen molar-refractivity contribution in [1.29, 1.82) is 0 Å². The summed E-state index contributed by atoms with van der Waals surface area (Å²) in [5.41, 5.74) is 9.37. The van der Waals surface area contributed by atoms with Crippen LogP contribution in [-0.2, 0) is 4.79 Å². The summed E-state index contributed by atoms with van der Waals surface area (Å²) in [5.74, 6) is 1.75. The maximum Gasteiger partial charge on any atom is 0.241 e. The van der Waals surface area contributed by atoms with E-state index in [1.54, 1.807) is 34.3 Å². The molecule has 1 aliphatic rings. The molecule has 1 heterocycles. The van der Waals surface area contributed by atoms with Crippen molar-refractivity contribution >= 4 is 35.3 Å². The van der Waals surface area contributed by atoms with Crippen molar-refractivity contribution in [2.24, 2.45) is 16.0 Å². The fourth-order valence-corrected chi connectivity index (χ4v) is 3.23. The molecular weight excluding hydrogens is 436 g/mol. The van der Waals surface area contributed by atoms with Crippen LogP contribution in [0.5, 0.6) is 23.0 Å². The minimum absolute atomic E-state index is 0. The maximum absolute atomic E-state index is 12.1. The Labute approximate surface area is 193 Å². The first-order chi connectivity index (χ1) is 14.9. The molecule has 0 spiro atoms. The summed E-state index contributed by atoms with van der Waals surface area (Å²) in [7, 11) is 6.21. The second-order valence-electron chi connectivity index (χ2n) is 6.83. The molecule has 0 saturated carbocycles. The number of hydrogen-bond acceptors (Lipinski definition) is 8. The molecule has 0 aliphatic carbocycles. The highest BCUT2D eigenvalue weighted by molar-refractivity contribution is 5.98. The van der Waals surface area contributed by atoms with Gasteiger partial charge in [0.1, 0.15) is 5.75 Å². The van der Waals surface area contributed by atoms with Gasteiger partial charge >= 0.3 is 0 Å². The van der Waals surface area contributed by atoms with E-state index in [9.17, 15) is 4.79 Å². The zero-order valence-electron chi connectivity index (χ0n) is 18.6. The van der Waals surface area contributed by atoms with Crippen molar-refractivity contribution in [3.05, 3.63) is 41.5 Å². The van der Waals surface area contributed by atoms with Crippen LogP contribution in [0.15, 0.2) is 40.6 Å². The summed E-state index contributed by atoms with van der Waals surface area (Å²) in [5, 5.41) is 11.4. The van der Waals surface area contributed by atoms with Crippen LogP contribution in [0.4, 0.5) is 5.69 Å². The summed E-state index contributed by atoms with van der Waals surface area (Å²) in [6.07, 6.45) is 0. The zero-order chi connectivity index (χ0) is 22.5. The lowest BCUT2D eigenvalue weighted by atomic mass is 9.99. The van der Waals surface area contributed by atoms with E-state index in [4.69, 9.17) is 24.7 Å². The molecule has 2 aromatic rings. The lowest BCUT2D eigenvalue weighted by Crippen LogP contribution is -2.32. The van der Waals surface area contributed by atoms with Crippen LogP contribution in [0.1, 0.15) is 18.1 Å². The van der Waals surface area contributed by atoms with Gasteiger partial charge in [-0.15, -0.1) is 12.4 Å². The van der Waals surface area contributed by atoms with Crippen molar-refractivity contribution < 1.29 is 23.7 Å². The molecule has 0 radical (unpaired) electrons. The monoisotopic (exact) mass is 462 g/mol. The molecule has 0 bridgehead atoms. The number of ether oxygens (including phenoxy) is 4. The first-order valence-electron chi connectivity index (χ1n) is 9.59. The number of methoxy groups -OCH3 is 4. The fraction of sp³-hybridized carbons (Fsp3) is 0.318. The topological polar surface area (TPSA) is 117 Å². The lowest BCUT2D eigenvalue weighted by molar-refractivity contribution is -0.117. The molecule has 0 saturated heterocycles. The number of nitrogens with one attached hydrogen (secondary N) is 1. The number of nitrogens with two attached hydrogens (primary N) is 1. The molecule has 1 aliphatic heterocycles. The van der Waals surface area contributed by atoms with Gasteiger partial charge in [0, 0.05) is 11.1 Å². The third kappa shape index (κ3) is 4.95. The summed E-state index contributed by atoms with van der Waals surface area (Å²) in [4.78, 5) is 12.1. The second kappa shape index (κ2) is 10.8. The number of hydrogen-bond donors (Lipinski definition) is 2. The standard InChI is InChI=1S/C22H26N4O5.ClH/c1-12(23)22(27)25-16-8-13(6-7-17(16)28-2)15-11-24-26-20(15)14-9-18(29-3)21(31-5)19(10-14)30-4;/h6-10,12H,11,23H2,1-5H3,(H,25,27);1H. The van der Waals surface area contributed by atoms with Crippen molar-refractivity contribution in [2.45, 2.75) is 13.0 Å². The van der Waals surface area contributed by atoms with Crippen molar-refractivity contribution in [3.8, 4) is 23.0 Å². The predicted molar refractivity (Wildman–Crippen MR) is 125 cm³/mol. The Bertz CT molecular complexity index is 1030. The minimum Gasteiger partial charge on any atom is -0.495 e. The number of halogens is 1. The van der Waals surface area contributed by atoms with Gasteiger partial charge in [-0.1, -0.05) is 6.07 Å². The number of anilines is 1. The molecule has 0 fully saturated rings. The molecule has 9 nitrogen and oxygen atoms in total. The van der Waals surface area contributed by atoms with Crippen molar-refractivity contribution in [3.63, 3.8) is 0 Å². The van der Waals surface area contributed by atoms with Gasteiger partial charge in [-0.25, -0.2) is 0 Å². The van der Waals surface area contributed by atoms with Crippen LogP contribution in [-0.4, -0.2) is 46.9 Å². The molecule has 3 rings (SSSR count). The van der Waals surface area contributed by atoms with Gasteiger partial charge in [0.25, 0.3) is 0 Å². The molecular formula is C22H27ClN4O5. The number of azo groups is 1. The molecule has 10 heteroatoms. The summed E-state index contributed by atoms with van der Waals surface area (Å²) >= 11 is 0. The average Bonchev–Trinajstić information content (AvgIpc) is 3.27. The molecule has 3 N–H and O–H groups in total. The Balaban J connectivity index is 0.00000363. The molecule has 32 heavy (non-hydrogen) atoms. The number of amides is 1. The normalized spacial score (nSPS) is 13.3. The molecule has 1 amide bonds. The van der Waals surface area contributed by atoms with Crippen LogP contribution in [0, 0.1) is 0 Å². The molecule has 1 unspecified atom stereocenters. The van der Waals surface area contributed by atoms with Crippen LogP contribution in [0.25, 0.3) is 11.3 Å². The van der Waals surface area contributed by atoms with E-state index in [-0.39, 0.29) is 18.3 Å². The SMILES string of the molecule is COc1ccc(C2=C(c3cc(OC)c(OC)c(OC)c3)N=NC2)cc1NC(=O)C(C)N.Cl. The van der Waals surface area contributed by atoms with E-state index >= 15 is 0 Å². The molecule has 0 aromatic heterocycles. The third-order valence-corrected chi connectivity index (χ3v) is 4.84. The number of carbonyl (C=O) groups excluding carboxylic acids is 1. The largest absolute Gasteiger partial charge is 0.495 e. The predicted octanol–water partition coefficient (Wildman–Crippen LogP) is 3.76. The Kier molecular flexibility index (Phi) is 8.45. The Hall–Kier alpha value is -3.30. The van der Waals surface area contributed by atoms with E-state index in [1.165, 1.54) is 7.11 Å². The molecule has 1 atom stereocenters. The Morgan fingerprint density at radius 1 is 0.969 bits per heavy atom. The van der Waals surface area contributed by atoms with E-state index in [1.807, 2.05) is 24.3 Å². The summed E-state index contributed by atoms with van der Waals surface area (Å²) in [6, 6.07) is 8.49. The van der Waals surface area contributed by atoms with E-state index in [0.29, 0.717) is 40.9 Å². The number of benzene rings is 2. The van der Waals surface area contributed by atoms with Crippen LogP contribution >= 0.6 is 12.4 Å². The third-order valence-electron chi connectivity index (χ3n) is 4.84. The smallest absolute Gasteiger partial charge is 0.241 e. The highest BCUT2D eigenvalue weighted by Gasteiger charge is 2.22. The Morgan fingerprint density at radius 2 is 1.59 bits per heavy atom. The van der Waals surface area contributed by atoms with Crippen molar-refractivity contribution in [1.82, 2.24) is 0 Å². The highest BCUT2D eigenvalue weighted by Crippen LogP contribution is 2.43. The zero-order valence-corrected chi connectivity index (χ0v) is 19.4. The maximum atomic E-state index is 12.1. The minimum atomic E-state index is -0.654. The molecule has 172 valence electrons. The van der Waals surface area contributed by atoms with E-state index in [2.05, 4.69) is 15.5 Å². The Morgan fingerprint density at radius 3 is 2.12 bits per heavy atom. The van der Waals surface area contributed by atoms with Crippen LogP contribution in [0.2, 0.25) is 0 Å². The highest BCUT2D eigenvalue weighted by atomic mass is 35.5. The van der Waals surface area contributed by atoms with E-state index < -0.39 is 6.04 Å². The lowest BCUT2D eigenvalue weighted by Gasteiger charge is -2.16. The number of carbonyl (C=O) groups is 1. The summed E-state index contributed by atoms with van der Waals surface area (Å²) < 4.78 is 21.7. The molecule has 2 aromatic carbocycles. The second-order valence-corrected chi connectivity index (χ2v) is 6.83. The van der Waals surface area contributed by atoms with Gasteiger partial charge in [0.2, 0.25) is 11.7 Å². The first kappa shape index (κ1) is 25.0. The van der Waals surface area contributed by atoms with Gasteiger partial charge < -0.3 is 30.0 Å². The van der Waals surface area contributed by atoms with Gasteiger partial charge in [0.05, 0.1) is 52.4 Å². The summed E-state index contributed by atoms with van der Waals surface area (Å²) in [6.45, 7) is 2.00. The quantitative estimate of drug-likeness (QED) is 0.616. The van der Waals surface area contributed by atoms with Crippen LogP contribution in [0.3, 0.4) is 0 Å². The van der Waals surface area contributed by atoms with Crippen LogP contribution < -0.4 is 30.0 Å². The van der Waals surface area contributed by atoms with Gasteiger partial charge in [0.15, 0.2) is 11.5 Å². The van der Waals surface area contributed by atoms with E-state index in [0.717, 1.165) is 16.7 Å². The van der Waals surface area contributed by atoms with Gasteiger partial charge in [-0.2, -0.15) is 10.2 Å². The van der Waals surface area contributed by atoms with Gasteiger partial charge in [-0.3, -0.25) is 4.79 Å². The van der Waals surface area contributed by atoms with Gasteiger partial charge in [-0.05, 0) is 36.8 Å². The average molecular weight is 463 g/mol.